The number of carbonyl (C=O) groups is 1. The van der Waals surface area contributed by atoms with Crippen LogP contribution in [0.2, 0.25) is 10.0 Å². The molecule has 0 aromatic heterocycles. The number of hydrogen-bond acceptors (Lipinski definition) is 4. The summed E-state index contributed by atoms with van der Waals surface area (Å²) in [7, 11) is 0. The zero-order valence-electron chi connectivity index (χ0n) is 11.3. The van der Waals surface area contributed by atoms with Crippen molar-refractivity contribution < 1.29 is 9.53 Å². The molecule has 21 heavy (non-hydrogen) atoms. The van der Waals surface area contributed by atoms with E-state index in [1.807, 2.05) is 0 Å². The Kier molecular flexibility index (Phi) is 4.94. The molecule has 2 rings (SSSR count). The number of halogens is 2. The van der Waals surface area contributed by atoms with E-state index < -0.39 is 5.97 Å². The van der Waals surface area contributed by atoms with Gasteiger partial charge >= 0.3 is 5.97 Å². The first-order valence-corrected chi connectivity index (χ1v) is 7.06. The number of nitrogens with two attached hydrogens (primary N) is 1. The zero-order valence-corrected chi connectivity index (χ0v) is 12.8. The van der Waals surface area contributed by atoms with Crippen LogP contribution in [0, 0.1) is 0 Å². The molecule has 3 N–H and O–H groups in total. The van der Waals surface area contributed by atoms with Crippen LogP contribution in [0.3, 0.4) is 0 Å². The van der Waals surface area contributed by atoms with Crippen LogP contribution in [0.25, 0.3) is 0 Å². The standard InChI is InChI=1S/C15H14Cl2N2O2/c1-2-21-15(20)10-4-3-5-12(18)14(10)19-13-8-9(16)6-7-11(13)17/h3-8,19H,2,18H2,1H3. The molecule has 0 unspecified atom stereocenters. The number of esters is 1. The lowest BCUT2D eigenvalue weighted by molar-refractivity contribution is 0.0527. The Morgan fingerprint density at radius 2 is 2.05 bits per heavy atom. The second-order valence-electron chi connectivity index (χ2n) is 4.24. The van der Waals surface area contributed by atoms with E-state index in [1.54, 1.807) is 43.3 Å². The van der Waals surface area contributed by atoms with Crippen molar-refractivity contribution >= 4 is 46.2 Å². The molecule has 0 bridgehead atoms. The third kappa shape index (κ3) is 3.60. The summed E-state index contributed by atoms with van der Waals surface area (Å²) in [6.07, 6.45) is 0. The molecule has 0 saturated heterocycles. The molecular weight excluding hydrogens is 311 g/mol. The van der Waals surface area contributed by atoms with Crippen molar-refractivity contribution in [3.63, 3.8) is 0 Å². The highest BCUT2D eigenvalue weighted by Crippen LogP contribution is 2.33. The van der Waals surface area contributed by atoms with Crippen molar-refractivity contribution in [3.8, 4) is 0 Å². The first-order valence-electron chi connectivity index (χ1n) is 6.30. The molecule has 4 nitrogen and oxygen atoms in total. The number of ether oxygens (including phenoxy) is 1. The maximum atomic E-state index is 12.0. The molecule has 0 amide bonds. The normalized spacial score (nSPS) is 10.2. The van der Waals surface area contributed by atoms with Gasteiger partial charge in [0.05, 0.1) is 34.3 Å². The molecule has 0 spiro atoms. The summed E-state index contributed by atoms with van der Waals surface area (Å²) in [6, 6.07) is 10.0. The fourth-order valence-corrected chi connectivity index (χ4v) is 2.15. The topological polar surface area (TPSA) is 64.3 Å². The van der Waals surface area contributed by atoms with Crippen LogP contribution in [0.1, 0.15) is 17.3 Å². The number of nitrogens with one attached hydrogen (secondary N) is 1. The summed E-state index contributed by atoms with van der Waals surface area (Å²) in [5, 5.41) is 4.04. The number of para-hydroxylation sites is 1. The smallest absolute Gasteiger partial charge is 0.340 e. The van der Waals surface area contributed by atoms with E-state index in [-0.39, 0.29) is 6.61 Å². The predicted octanol–water partition coefficient (Wildman–Crippen LogP) is 4.50. The van der Waals surface area contributed by atoms with Crippen LogP contribution in [-0.2, 0) is 4.74 Å². The van der Waals surface area contributed by atoms with Gasteiger partial charge in [0.25, 0.3) is 0 Å². The quantitative estimate of drug-likeness (QED) is 0.642. The van der Waals surface area contributed by atoms with Gasteiger partial charge in [-0.2, -0.15) is 0 Å². The predicted molar refractivity (Wildman–Crippen MR) is 86.6 cm³/mol. The Morgan fingerprint density at radius 3 is 2.76 bits per heavy atom. The van der Waals surface area contributed by atoms with E-state index in [9.17, 15) is 4.79 Å². The van der Waals surface area contributed by atoms with Gasteiger partial charge in [0.2, 0.25) is 0 Å². The lowest BCUT2D eigenvalue weighted by atomic mass is 10.1. The fraction of sp³-hybridized carbons (Fsp3) is 0.133. The molecule has 2 aromatic rings. The zero-order chi connectivity index (χ0) is 15.4. The van der Waals surface area contributed by atoms with E-state index in [2.05, 4.69) is 5.32 Å². The van der Waals surface area contributed by atoms with Gasteiger partial charge in [-0.1, -0.05) is 29.3 Å². The summed E-state index contributed by atoms with van der Waals surface area (Å²) >= 11 is 12.1. The third-order valence-electron chi connectivity index (χ3n) is 2.78. The summed E-state index contributed by atoms with van der Waals surface area (Å²) in [6.45, 7) is 2.02. The van der Waals surface area contributed by atoms with Crippen LogP contribution in [0.15, 0.2) is 36.4 Å². The van der Waals surface area contributed by atoms with E-state index in [1.165, 1.54) is 0 Å². The van der Waals surface area contributed by atoms with E-state index >= 15 is 0 Å². The van der Waals surface area contributed by atoms with Gasteiger partial charge in [0, 0.05) is 5.02 Å². The van der Waals surface area contributed by atoms with Crippen LogP contribution < -0.4 is 11.1 Å². The van der Waals surface area contributed by atoms with Crippen LogP contribution >= 0.6 is 23.2 Å². The summed E-state index contributed by atoms with van der Waals surface area (Å²) in [5.41, 5.74) is 7.71. The Balaban J connectivity index is 2.43. The molecule has 0 aliphatic rings. The Labute approximate surface area is 132 Å². The van der Waals surface area contributed by atoms with Crippen LogP contribution in [0.5, 0.6) is 0 Å². The maximum absolute atomic E-state index is 12.0. The number of benzene rings is 2. The SMILES string of the molecule is CCOC(=O)c1cccc(N)c1Nc1cc(Cl)ccc1Cl. The summed E-state index contributed by atoms with van der Waals surface area (Å²) in [4.78, 5) is 12.0. The molecule has 6 heteroatoms. The minimum Gasteiger partial charge on any atom is -0.462 e. The number of anilines is 3. The molecule has 2 aromatic carbocycles. The van der Waals surface area contributed by atoms with Crippen molar-refractivity contribution in [2.45, 2.75) is 6.92 Å². The van der Waals surface area contributed by atoms with E-state index in [4.69, 9.17) is 33.7 Å². The Morgan fingerprint density at radius 1 is 1.29 bits per heavy atom. The van der Waals surface area contributed by atoms with Gasteiger partial charge < -0.3 is 15.8 Å². The molecular formula is C15H14Cl2N2O2. The molecule has 0 aliphatic heterocycles. The highest BCUT2D eigenvalue weighted by atomic mass is 35.5. The van der Waals surface area contributed by atoms with Crippen LogP contribution in [-0.4, -0.2) is 12.6 Å². The molecule has 0 saturated carbocycles. The minimum atomic E-state index is -0.453. The van der Waals surface area contributed by atoms with Crippen LogP contribution in [0.4, 0.5) is 17.1 Å². The average molecular weight is 325 g/mol. The van der Waals surface area contributed by atoms with Gasteiger partial charge in [-0.3, -0.25) is 0 Å². The molecule has 0 atom stereocenters. The minimum absolute atomic E-state index is 0.283. The molecule has 0 aliphatic carbocycles. The van der Waals surface area contributed by atoms with Gasteiger partial charge in [0.1, 0.15) is 0 Å². The number of nitrogen functional groups attached to an aromatic ring is 1. The monoisotopic (exact) mass is 324 g/mol. The van der Waals surface area contributed by atoms with Gasteiger partial charge in [0.15, 0.2) is 0 Å². The average Bonchev–Trinajstić information content (AvgIpc) is 2.45. The van der Waals surface area contributed by atoms with E-state index in [0.29, 0.717) is 32.7 Å². The Bertz CT molecular complexity index is 675. The van der Waals surface area contributed by atoms with Crippen molar-refractivity contribution in [3.05, 3.63) is 52.0 Å². The van der Waals surface area contributed by atoms with Crippen molar-refractivity contribution in [2.75, 3.05) is 17.7 Å². The van der Waals surface area contributed by atoms with Crippen molar-refractivity contribution in [2.24, 2.45) is 0 Å². The second-order valence-corrected chi connectivity index (χ2v) is 5.08. The maximum Gasteiger partial charge on any atom is 0.340 e. The highest BCUT2D eigenvalue weighted by molar-refractivity contribution is 6.35. The van der Waals surface area contributed by atoms with Gasteiger partial charge in [-0.25, -0.2) is 4.79 Å². The second kappa shape index (κ2) is 6.70. The lowest BCUT2D eigenvalue weighted by Crippen LogP contribution is -2.09. The van der Waals surface area contributed by atoms with Crippen molar-refractivity contribution in [1.29, 1.82) is 0 Å². The Hall–Kier alpha value is -1.91. The number of carbonyl (C=O) groups excluding carboxylic acids is 1. The third-order valence-corrected chi connectivity index (χ3v) is 3.34. The molecule has 0 radical (unpaired) electrons. The highest BCUT2D eigenvalue weighted by Gasteiger charge is 2.16. The molecule has 0 heterocycles. The molecule has 110 valence electrons. The largest absolute Gasteiger partial charge is 0.462 e. The van der Waals surface area contributed by atoms with Crippen molar-refractivity contribution in [1.82, 2.24) is 0 Å². The number of rotatable bonds is 4. The summed E-state index contributed by atoms with van der Waals surface area (Å²) in [5.74, 6) is -0.453. The van der Waals surface area contributed by atoms with E-state index in [0.717, 1.165) is 0 Å². The van der Waals surface area contributed by atoms with Gasteiger partial charge in [-0.15, -0.1) is 0 Å². The summed E-state index contributed by atoms with van der Waals surface area (Å²) < 4.78 is 5.02. The number of hydrogen-bond donors (Lipinski definition) is 2. The lowest BCUT2D eigenvalue weighted by Gasteiger charge is -2.15. The van der Waals surface area contributed by atoms with Gasteiger partial charge in [-0.05, 0) is 37.3 Å². The first-order chi connectivity index (χ1) is 10.0. The molecule has 0 fully saturated rings. The fourth-order valence-electron chi connectivity index (χ4n) is 1.82. The first kappa shape index (κ1) is 15.5.